The number of rotatable bonds is 0. The van der Waals surface area contributed by atoms with E-state index in [4.69, 9.17) is 14.4 Å². The van der Waals surface area contributed by atoms with Crippen molar-refractivity contribution in [1.82, 2.24) is 0 Å². The van der Waals surface area contributed by atoms with Crippen LogP contribution >= 0.6 is 8.25 Å². The molecule has 1 radical (unpaired) electrons. The van der Waals surface area contributed by atoms with Gasteiger partial charge < -0.3 is 9.79 Å². The first-order valence-corrected chi connectivity index (χ1v) is 5.46. The molecule has 0 unspecified atom stereocenters. The molecule has 0 saturated carbocycles. The van der Waals surface area contributed by atoms with E-state index in [2.05, 4.69) is 12.1 Å². The van der Waals surface area contributed by atoms with Crippen LogP contribution in [0, 0.1) is 47.7 Å². The smallest absolute Gasteiger partial charge is 0.276 e. The molecule has 0 spiro atoms. The molecule has 0 saturated heterocycles. The van der Waals surface area contributed by atoms with Crippen molar-refractivity contribution < 1.29 is 50.0 Å². The molecule has 0 aromatic heterocycles. The van der Waals surface area contributed by atoms with Crippen LogP contribution < -0.4 is 9.79 Å². The Kier molecular flexibility index (Phi) is 17.5. The molecule has 2 rings (SSSR count). The second-order valence-electron chi connectivity index (χ2n) is 2.38. The Morgan fingerprint density at radius 2 is 0.941 bits per heavy atom. The van der Waals surface area contributed by atoms with Crippen LogP contribution in [0.2, 0.25) is 0 Å². The van der Waals surface area contributed by atoms with E-state index in [-0.39, 0.29) is 35.6 Å². The first-order valence-electron chi connectivity index (χ1n) is 4.37. The van der Waals surface area contributed by atoms with Gasteiger partial charge in [-0.1, -0.05) is 4.57 Å². The number of benzene rings is 2. The van der Waals surface area contributed by atoms with Gasteiger partial charge in [-0.3, -0.25) is 0 Å². The van der Waals surface area contributed by atoms with Gasteiger partial charge in [0.05, 0.1) is 0 Å². The van der Waals surface area contributed by atoms with Crippen molar-refractivity contribution in [3.8, 4) is 0 Å². The minimum atomic E-state index is -3.37. The Hall–Kier alpha value is -0.345. The Labute approximate surface area is 130 Å². The maximum Gasteiger partial charge on any atom is 0.276 e. The minimum absolute atomic E-state index is 0. The molecule has 0 bridgehead atoms. The normalized spacial score (nSPS) is 7.18. The first kappa shape index (κ1) is 19.0. The van der Waals surface area contributed by atoms with E-state index in [1.807, 2.05) is 60.7 Å². The Morgan fingerprint density at radius 1 is 0.706 bits per heavy atom. The zero-order chi connectivity index (χ0) is 12.1. The quantitative estimate of drug-likeness (QED) is 0.518. The molecule has 2 aromatic carbocycles. The summed E-state index contributed by atoms with van der Waals surface area (Å²) in [7, 11) is -3.37. The average Bonchev–Trinajstić information content (AvgIpc) is 2.34. The zero-order valence-corrected chi connectivity index (χ0v) is 13.5. The molecule has 0 fully saturated rings. The molecule has 87 valence electrons. The third kappa shape index (κ3) is 21.5. The summed E-state index contributed by atoms with van der Waals surface area (Å²) >= 11 is 0. The fourth-order valence-electron chi connectivity index (χ4n) is 0.684. The van der Waals surface area contributed by atoms with Crippen molar-refractivity contribution in [2.24, 2.45) is 0 Å². The molecule has 0 aliphatic heterocycles. The average molecular weight is 372 g/mol. The molecule has 2 aromatic rings. The predicted octanol–water partition coefficient (Wildman–Crippen LogP) is 1.34. The number of hydrogen-bond donors (Lipinski definition) is 0. The Morgan fingerprint density at radius 3 is 1.00 bits per heavy atom. The van der Waals surface area contributed by atoms with Crippen LogP contribution in [-0.2, 0) is 4.57 Å². The molecule has 0 N–H and O–H groups in total. The summed E-state index contributed by atoms with van der Waals surface area (Å²) in [6.07, 6.45) is 0. The van der Waals surface area contributed by atoms with E-state index in [1.54, 1.807) is 0 Å². The van der Waals surface area contributed by atoms with Crippen molar-refractivity contribution in [3.05, 3.63) is 72.8 Å². The van der Waals surface area contributed by atoms with Crippen LogP contribution in [0.1, 0.15) is 0 Å². The van der Waals surface area contributed by atoms with Crippen LogP contribution in [0.5, 0.6) is 0 Å². The summed E-state index contributed by atoms with van der Waals surface area (Å²) in [4.78, 5) is 17.0. The molecule has 0 aliphatic rings. The summed E-state index contributed by atoms with van der Waals surface area (Å²) in [5.41, 5.74) is 0. The maximum atomic E-state index is 8.48. The summed E-state index contributed by atoms with van der Waals surface area (Å²) < 4.78 is 8.48. The van der Waals surface area contributed by atoms with Crippen LogP contribution in [-0.4, -0.2) is 0 Å². The Balaban J connectivity index is 0. The zero-order valence-electron chi connectivity index (χ0n) is 9.02. The van der Waals surface area contributed by atoms with Gasteiger partial charge in [-0.2, -0.15) is 72.8 Å². The van der Waals surface area contributed by atoms with Crippen molar-refractivity contribution >= 4 is 8.25 Å². The third-order valence-corrected chi connectivity index (χ3v) is 1.21. The van der Waals surface area contributed by atoms with E-state index in [0.717, 1.165) is 0 Å². The summed E-state index contributed by atoms with van der Waals surface area (Å²) in [5.74, 6) is 0. The van der Waals surface area contributed by atoms with Gasteiger partial charge in [-0.05, 0) is 0 Å². The third-order valence-electron chi connectivity index (χ3n) is 1.21. The molecule has 3 nitrogen and oxygen atoms in total. The molecule has 0 aliphatic carbocycles. The predicted molar refractivity (Wildman–Crippen MR) is 58.2 cm³/mol. The van der Waals surface area contributed by atoms with Gasteiger partial charge >= 0.3 is 0 Å². The van der Waals surface area contributed by atoms with Crippen LogP contribution in [0.3, 0.4) is 0 Å². The van der Waals surface area contributed by atoms with Crippen molar-refractivity contribution in [2.75, 3.05) is 0 Å². The summed E-state index contributed by atoms with van der Waals surface area (Å²) in [5, 5.41) is 0. The molecule has 0 atom stereocenters. The van der Waals surface area contributed by atoms with Gasteiger partial charge in [-0.25, -0.2) is 0 Å². The topological polar surface area (TPSA) is 63.2 Å². The van der Waals surface area contributed by atoms with E-state index in [0.29, 0.717) is 0 Å². The molecular weight excluding hydrogens is 362 g/mol. The van der Waals surface area contributed by atoms with Crippen molar-refractivity contribution in [2.45, 2.75) is 0 Å². The van der Waals surface area contributed by atoms with Gasteiger partial charge in [0, 0.05) is 35.6 Å². The van der Waals surface area contributed by atoms with Gasteiger partial charge in [0.2, 0.25) is 0 Å². The second kappa shape index (κ2) is 15.7. The molecule has 5 heteroatoms. The minimum Gasteiger partial charge on any atom is -0.598 e. The standard InChI is InChI=1S/2C6H5.La.HO3P/c2*1-2-4-6-5-3-1;;1-4(2)3/h2*1-5H;;(H,1,2,3)/q2*-1;;/p-1. The fraction of sp³-hybridized carbons (Fsp3) is 0. The summed E-state index contributed by atoms with van der Waals surface area (Å²) in [6, 6.07) is 25.0. The van der Waals surface area contributed by atoms with Gasteiger partial charge in [0.1, 0.15) is 0 Å². The van der Waals surface area contributed by atoms with Crippen LogP contribution in [0.25, 0.3) is 0 Å². The van der Waals surface area contributed by atoms with E-state index < -0.39 is 8.25 Å². The molecule has 17 heavy (non-hydrogen) atoms. The van der Waals surface area contributed by atoms with Crippen molar-refractivity contribution in [1.29, 1.82) is 0 Å². The molecule has 0 amide bonds. The van der Waals surface area contributed by atoms with Gasteiger partial charge in [0.25, 0.3) is 8.25 Å². The number of hydrogen-bond acceptors (Lipinski definition) is 3. The Bertz CT molecular complexity index is 268. The van der Waals surface area contributed by atoms with Crippen molar-refractivity contribution in [3.63, 3.8) is 0 Å². The second-order valence-corrected chi connectivity index (χ2v) is 2.83. The van der Waals surface area contributed by atoms with Gasteiger partial charge in [0.15, 0.2) is 0 Å². The summed E-state index contributed by atoms with van der Waals surface area (Å²) in [6.45, 7) is 0. The van der Waals surface area contributed by atoms with E-state index in [9.17, 15) is 0 Å². The monoisotopic (exact) mass is 372 g/mol. The van der Waals surface area contributed by atoms with Gasteiger partial charge in [-0.15, -0.1) is 0 Å². The maximum absolute atomic E-state index is 8.48. The first-order chi connectivity index (χ1) is 7.73. The largest absolute Gasteiger partial charge is 0.598 e. The van der Waals surface area contributed by atoms with Crippen LogP contribution in [0.4, 0.5) is 0 Å². The SMILES string of the molecule is O=[P+]([O-])[O-].[La].[c-]1ccccc1.[c-]1ccccc1. The van der Waals surface area contributed by atoms with Crippen LogP contribution in [0.15, 0.2) is 60.7 Å². The molecule has 0 heterocycles. The fourth-order valence-corrected chi connectivity index (χ4v) is 0.684. The van der Waals surface area contributed by atoms with E-state index >= 15 is 0 Å². The van der Waals surface area contributed by atoms with E-state index in [1.165, 1.54) is 0 Å². The molecular formula is C12H10LaO3P-3.